The lowest BCUT2D eigenvalue weighted by molar-refractivity contribution is 0.0997. The van der Waals surface area contributed by atoms with Crippen LogP contribution < -0.4 is 9.54 Å². The smallest absolute Gasteiger partial charge is 0.279 e. The zero-order chi connectivity index (χ0) is 18.0. The summed E-state index contributed by atoms with van der Waals surface area (Å²) in [5.74, 6) is 2.76. The van der Waals surface area contributed by atoms with E-state index in [-0.39, 0.29) is 6.54 Å². The van der Waals surface area contributed by atoms with E-state index in [1.54, 1.807) is 48.1 Å². The zero-order valence-electron chi connectivity index (χ0n) is 13.1. The maximum absolute atomic E-state index is 12.5. The Hall–Kier alpha value is -2.26. The van der Waals surface area contributed by atoms with Crippen LogP contribution in [0, 0.1) is 12.3 Å². The maximum Gasteiger partial charge on any atom is 0.279 e. The van der Waals surface area contributed by atoms with Crippen molar-refractivity contribution in [1.29, 1.82) is 0 Å². The van der Waals surface area contributed by atoms with Crippen LogP contribution in [0.25, 0.3) is 10.2 Å². The Labute approximate surface area is 158 Å². The van der Waals surface area contributed by atoms with E-state index in [2.05, 4.69) is 10.9 Å². The van der Waals surface area contributed by atoms with Crippen molar-refractivity contribution in [2.45, 2.75) is 6.54 Å². The normalized spacial score (nSPS) is 11.5. The van der Waals surface area contributed by atoms with Gasteiger partial charge in [0.05, 0.1) is 28.9 Å². The number of nitrogens with zero attached hydrogens (tertiary/aromatic N) is 2. The largest absolute Gasteiger partial charge is 0.497 e. The highest BCUT2D eigenvalue weighted by Gasteiger charge is 2.13. The number of rotatable bonds is 3. The summed E-state index contributed by atoms with van der Waals surface area (Å²) in [7, 11) is 1.54. The number of carbonyl (C=O) groups is 1. The van der Waals surface area contributed by atoms with Gasteiger partial charge in [-0.2, -0.15) is 4.99 Å². The number of terminal acetylenes is 1. The summed E-state index contributed by atoms with van der Waals surface area (Å²) in [6.45, 7) is 0.242. The first kappa shape index (κ1) is 17.6. The lowest BCUT2D eigenvalue weighted by Crippen LogP contribution is -2.16. The van der Waals surface area contributed by atoms with Gasteiger partial charge in [-0.3, -0.25) is 4.79 Å². The van der Waals surface area contributed by atoms with Crippen molar-refractivity contribution in [2.24, 2.45) is 4.99 Å². The average Bonchev–Trinajstić information content (AvgIpc) is 2.92. The first-order chi connectivity index (χ1) is 12.0. The van der Waals surface area contributed by atoms with Gasteiger partial charge in [0.25, 0.3) is 5.91 Å². The summed E-state index contributed by atoms with van der Waals surface area (Å²) in [4.78, 5) is 17.2. The van der Waals surface area contributed by atoms with Gasteiger partial charge in [-0.25, -0.2) is 0 Å². The van der Waals surface area contributed by atoms with Gasteiger partial charge in [0.1, 0.15) is 5.75 Å². The molecule has 2 aromatic carbocycles. The molecular formula is C18H12Cl2N2O2S. The van der Waals surface area contributed by atoms with Gasteiger partial charge >= 0.3 is 0 Å². The number of hydrogen-bond donors (Lipinski definition) is 0. The van der Waals surface area contributed by atoms with E-state index in [0.29, 0.717) is 31.7 Å². The molecule has 0 unspecified atom stereocenters. The highest BCUT2D eigenvalue weighted by molar-refractivity contribution is 7.16. The van der Waals surface area contributed by atoms with Crippen LogP contribution >= 0.6 is 34.5 Å². The molecule has 0 aliphatic carbocycles. The summed E-state index contributed by atoms with van der Waals surface area (Å²) < 4.78 is 7.68. The van der Waals surface area contributed by atoms with Gasteiger partial charge in [-0.05, 0) is 30.3 Å². The Bertz CT molecular complexity index is 1080. The SMILES string of the molecule is C#CCn1c(=NC(=O)c2cccc(OC)c2)sc2cc(Cl)cc(Cl)c21. The van der Waals surface area contributed by atoms with Crippen LogP contribution in [0.2, 0.25) is 10.0 Å². The van der Waals surface area contributed by atoms with Gasteiger partial charge in [-0.1, -0.05) is 46.5 Å². The summed E-state index contributed by atoms with van der Waals surface area (Å²) in [6, 6.07) is 10.2. The minimum Gasteiger partial charge on any atom is -0.497 e. The lowest BCUT2D eigenvalue weighted by Gasteiger charge is -2.03. The van der Waals surface area contributed by atoms with Crippen LogP contribution in [0.15, 0.2) is 41.4 Å². The van der Waals surface area contributed by atoms with Crippen molar-refractivity contribution in [3.8, 4) is 18.1 Å². The number of benzene rings is 2. The topological polar surface area (TPSA) is 43.6 Å². The van der Waals surface area contributed by atoms with Crippen LogP contribution in [0.1, 0.15) is 10.4 Å². The van der Waals surface area contributed by atoms with E-state index < -0.39 is 5.91 Å². The molecule has 1 aromatic heterocycles. The maximum atomic E-state index is 12.5. The van der Waals surface area contributed by atoms with Gasteiger partial charge < -0.3 is 9.30 Å². The number of carbonyl (C=O) groups excluding carboxylic acids is 1. The van der Waals surface area contributed by atoms with Gasteiger partial charge in [0.15, 0.2) is 4.80 Å². The van der Waals surface area contributed by atoms with Crippen LogP contribution in [-0.2, 0) is 6.54 Å². The lowest BCUT2D eigenvalue weighted by atomic mass is 10.2. The van der Waals surface area contributed by atoms with E-state index in [4.69, 9.17) is 34.4 Å². The molecule has 0 aliphatic heterocycles. The quantitative estimate of drug-likeness (QED) is 0.622. The standard InChI is InChI=1S/C18H12Cl2N2O2S/c1-3-7-22-16-14(20)9-12(19)10-15(16)25-18(22)21-17(23)11-5-4-6-13(8-11)24-2/h1,4-6,8-10H,7H2,2H3. The molecule has 0 atom stereocenters. The van der Waals surface area contributed by atoms with E-state index in [1.807, 2.05) is 0 Å². The van der Waals surface area contributed by atoms with Crippen molar-refractivity contribution in [3.05, 3.63) is 56.8 Å². The summed E-state index contributed by atoms with van der Waals surface area (Å²) >= 11 is 13.7. The fourth-order valence-corrected chi connectivity index (χ4v) is 4.17. The molecule has 0 bridgehead atoms. The highest BCUT2D eigenvalue weighted by atomic mass is 35.5. The summed E-state index contributed by atoms with van der Waals surface area (Å²) in [5.41, 5.74) is 1.14. The van der Waals surface area contributed by atoms with Crippen LogP contribution in [0.5, 0.6) is 5.75 Å². The van der Waals surface area contributed by atoms with Gasteiger partial charge in [-0.15, -0.1) is 6.42 Å². The first-order valence-electron chi connectivity index (χ1n) is 7.18. The molecule has 4 nitrogen and oxygen atoms in total. The van der Waals surface area contributed by atoms with Gasteiger partial charge in [0.2, 0.25) is 0 Å². The van der Waals surface area contributed by atoms with E-state index in [1.165, 1.54) is 11.3 Å². The number of hydrogen-bond acceptors (Lipinski definition) is 3. The van der Waals surface area contributed by atoms with Crippen molar-refractivity contribution < 1.29 is 9.53 Å². The number of fused-ring (bicyclic) bond motifs is 1. The molecule has 126 valence electrons. The number of aromatic nitrogens is 1. The second-order valence-corrected chi connectivity index (χ2v) is 6.91. The predicted molar refractivity (Wildman–Crippen MR) is 102 cm³/mol. The minimum absolute atomic E-state index is 0.242. The molecule has 0 saturated heterocycles. The number of amides is 1. The van der Waals surface area contributed by atoms with Crippen molar-refractivity contribution >= 4 is 50.7 Å². The third-order valence-corrected chi connectivity index (χ3v) is 4.99. The Balaban J connectivity index is 2.18. The monoisotopic (exact) mass is 390 g/mol. The van der Waals surface area contributed by atoms with Crippen molar-refractivity contribution in [1.82, 2.24) is 4.57 Å². The minimum atomic E-state index is -0.390. The molecule has 0 saturated carbocycles. The molecule has 1 heterocycles. The molecule has 0 aliphatic rings. The van der Waals surface area contributed by atoms with E-state index in [9.17, 15) is 4.79 Å². The van der Waals surface area contributed by atoms with Crippen molar-refractivity contribution in [3.63, 3.8) is 0 Å². The Morgan fingerprint density at radius 3 is 2.88 bits per heavy atom. The Morgan fingerprint density at radius 1 is 1.36 bits per heavy atom. The van der Waals surface area contributed by atoms with Crippen LogP contribution in [0.3, 0.4) is 0 Å². The fraction of sp³-hybridized carbons (Fsp3) is 0.111. The average molecular weight is 391 g/mol. The second-order valence-electron chi connectivity index (χ2n) is 5.06. The molecule has 25 heavy (non-hydrogen) atoms. The molecule has 0 fully saturated rings. The molecule has 0 radical (unpaired) electrons. The highest BCUT2D eigenvalue weighted by Crippen LogP contribution is 2.29. The first-order valence-corrected chi connectivity index (χ1v) is 8.75. The molecule has 3 rings (SSSR count). The molecule has 3 aromatic rings. The number of halogens is 2. The number of methoxy groups -OCH3 is 1. The Morgan fingerprint density at radius 2 is 2.16 bits per heavy atom. The molecule has 1 amide bonds. The molecule has 7 heteroatoms. The number of ether oxygens (including phenoxy) is 1. The van der Waals surface area contributed by atoms with Crippen molar-refractivity contribution in [2.75, 3.05) is 7.11 Å². The Kier molecular flexibility index (Phi) is 5.14. The number of thiazole rings is 1. The summed E-state index contributed by atoms with van der Waals surface area (Å²) in [6.07, 6.45) is 5.46. The van der Waals surface area contributed by atoms with Crippen LogP contribution in [0.4, 0.5) is 0 Å². The predicted octanol–water partition coefficient (Wildman–Crippen LogP) is 4.39. The zero-order valence-corrected chi connectivity index (χ0v) is 15.5. The van der Waals surface area contributed by atoms with E-state index >= 15 is 0 Å². The van der Waals surface area contributed by atoms with Gasteiger partial charge in [0, 0.05) is 10.6 Å². The van der Waals surface area contributed by atoms with E-state index in [0.717, 1.165) is 4.70 Å². The third-order valence-electron chi connectivity index (χ3n) is 3.46. The summed E-state index contributed by atoms with van der Waals surface area (Å²) in [5, 5.41) is 0.974. The van der Waals surface area contributed by atoms with Crippen LogP contribution in [-0.4, -0.2) is 17.6 Å². The molecular weight excluding hydrogens is 379 g/mol. The molecule has 0 spiro atoms. The fourth-order valence-electron chi connectivity index (χ4n) is 2.36. The second kappa shape index (κ2) is 7.32. The third kappa shape index (κ3) is 3.57. The molecule has 0 N–H and O–H groups in total.